The van der Waals surface area contributed by atoms with E-state index < -0.39 is 11.3 Å². The van der Waals surface area contributed by atoms with Crippen molar-refractivity contribution in [3.63, 3.8) is 0 Å². The molecule has 0 amide bonds. The van der Waals surface area contributed by atoms with Gasteiger partial charge in [0.25, 0.3) is 12.1 Å². The minimum atomic E-state index is -2.73. The zero-order valence-electron chi connectivity index (χ0n) is 7.62. The molecule has 0 atom stereocenters. The molecule has 0 fully saturated rings. The van der Waals surface area contributed by atoms with Gasteiger partial charge in [0.15, 0.2) is 0 Å². The Labute approximate surface area is 78.7 Å². The van der Waals surface area contributed by atoms with E-state index in [1.54, 1.807) is 0 Å². The number of nitro groups is 1. The molecule has 1 aromatic rings. The van der Waals surface area contributed by atoms with Crippen LogP contribution in [-0.4, -0.2) is 9.91 Å². The zero-order chi connectivity index (χ0) is 10.9. The summed E-state index contributed by atoms with van der Waals surface area (Å²) in [4.78, 5) is 13.3. The Kier molecular flexibility index (Phi) is 2.73. The fourth-order valence-corrected chi connectivity index (χ4v) is 1.24. The van der Waals surface area contributed by atoms with Gasteiger partial charge in [-0.2, -0.15) is 0 Å². The van der Waals surface area contributed by atoms with Gasteiger partial charge in [0.05, 0.1) is 4.92 Å². The highest BCUT2D eigenvalue weighted by Crippen LogP contribution is 2.30. The number of hydrogen-bond donors (Lipinski definition) is 0. The van der Waals surface area contributed by atoms with Crippen molar-refractivity contribution in [3.8, 4) is 0 Å². The number of aryl methyl sites for hydroxylation is 1. The van der Waals surface area contributed by atoms with E-state index in [1.165, 1.54) is 13.8 Å². The van der Waals surface area contributed by atoms with Gasteiger partial charge >= 0.3 is 0 Å². The van der Waals surface area contributed by atoms with E-state index in [4.69, 9.17) is 0 Å². The second kappa shape index (κ2) is 3.65. The lowest BCUT2D eigenvalue weighted by molar-refractivity contribution is -0.385. The Morgan fingerprint density at radius 3 is 2.50 bits per heavy atom. The van der Waals surface area contributed by atoms with E-state index in [-0.39, 0.29) is 22.5 Å². The third kappa shape index (κ3) is 1.68. The predicted octanol–water partition coefficient (Wildman–Crippen LogP) is 2.54. The normalized spacial score (nSPS) is 10.6. The molecule has 0 N–H and O–H groups in total. The molecule has 1 heterocycles. The fourth-order valence-electron chi connectivity index (χ4n) is 1.24. The summed E-state index contributed by atoms with van der Waals surface area (Å²) in [7, 11) is 0. The second-order valence-electron chi connectivity index (χ2n) is 2.83. The third-order valence-corrected chi connectivity index (χ3v) is 1.97. The minimum absolute atomic E-state index is 0.0162. The molecule has 0 aliphatic heterocycles. The van der Waals surface area contributed by atoms with Crippen LogP contribution in [0.25, 0.3) is 0 Å². The van der Waals surface area contributed by atoms with Crippen LogP contribution in [-0.2, 0) is 0 Å². The van der Waals surface area contributed by atoms with E-state index in [1.807, 2.05) is 0 Å². The number of alkyl halides is 2. The van der Waals surface area contributed by atoms with Crippen molar-refractivity contribution in [3.05, 3.63) is 33.1 Å². The molecule has 1 rings (SSSR count). The average molecular weight is 202 g/mol. The smallest absolute Gasteiger partial charge is 0.258 e. The molecule has 0 unspecified atom stereocenters. The minimum Gasteiger partial charge on any atom is -0.258 e. The Bertz CT molecular complexity index is 380. The first-order valence-corrected chi connectivity index (χ1v) is 3.83. The molecule has 0 aromatic carbocycles. The maximum absolute atomic E-state index is 12.5. The maximum atomic E-state index is 12.5. The van der Waals surface area contributed by atoms with Crippen LogP contribution in [0.2, 0.25) is 0 Å². The standard InChI is InChI=1S/C8H8F2N2O2/c1-4-6(12(13)14)3-11-5(2)7(4)8(9)10/h3,8H,1-2H3. The lowest BCUT2D eigenvalue weighted by Gasteiger charge is -2.07. The molecule has 4 nitrogen and oxygen atoms in total. The van der Waals surface area contributed by atoms with Gasteiger partial charge in [-0.25, -0.2) is 8.78 Å². The number of nitrogens with zero attached hydrogens (tertiary/aromatic N) is 2. The van der Waals surface area contributed by atoms with E-state index in [2.05, 4.69) is 4.98 Å². The topological polar surface area (TPSA) is 56.0 Å². The molecular weight excluding hydrogens is 194 g/mol. The van der Waals surface area contributed by atoms with Crippen LogP contribution in [0.1, 0.15) is 23.2 Å². The summed E-state index contributed by atoms with van der Waals surface area (Å²) in [6.07, 6.45) is -1.74. The quantitative estimate of drug-likeness (QED) is 0.547. The van der Waals surface area contributed by atoms with Crippen LogP contribution in [0.5, 0.6) is 0 Å². The first-order valence-electron chi connectivity index (χ1n) is 3.83. The highest BCUT2D eigenvalue weighted by Gasteiger charge is 2.22. The fraction of sp³-hybridized carbons (Fsp3) is 0.375. The zero-order valence-corrected chi connectivity index (χ0v) is 7.62. The first kappa shape index (κ1) is 10.5. The van der Waals surface area contributed by atoms with Gasteiger partial charge in [-0.15, -0.1) is 0 Å². The summed E-state index contributed by atoms with van der Waals surface area (Å²) < 4.78 is 24.9. The van der Waals surface area contributed by atoms with Crippen molar-refractivity contribution >= 4 is 5.69 Å². The van der Waals surface area contributed by atoms with Gasteiger partial charge < -0.3 is 0 Å². The maximum Gasteiger partial charge on any atom is 0.290 e. The van der Waals surface area contributed by atoms with Crippen LogP contribution < -0.4 is 0 Å². The predicted molar refractivity (Wildman–Crippen MR) is 45.3 cm³/mol. The lowest BCUT2D eigenvalue weighted by Crippen LogP contribution is -2.02. The molecule has 0 aliphatic carbocycles. The number of aromatic nitrogens is 1. The van der Waals surface area contributed by atoms with E-state index >= 15 is 0 Å². The summed E-state index contributed by atoms with van der Waals surface area (Å²) in [5.41, 5.74) is -0.606. The van der Waals surface area contributed by atoms with E-state index in [0.29, 0.717) is 0 Å². The monoisotopic (exact) mass is 202 g/mol. The van der Waals surface area contributed by atoms with Gasteiger partial charge in [0.1, 0.15) is 6.20 Å². The molecule has 0 spiro atoms. The molecule has 6 heteroatoms. The van der Waals surface area contributed by atoms with Gasteiger partial charge in [0, 0.05) is 16.8 Å². The Morgan fingerprint density at radius 1 is 1.50 bits per heavy atom. The average Bonchev–Trinajstić information content (AvgIpc) is 2.02. The molecule has 1 aromatic heterocycles. The van der Waals surface area contributed by atoms with Crippen molar-refractivity contribution in [2.24, 2.45) is 0 Å². The molecule has 76 valence electrons. The van der Waals surface area contributed by atoms with Crippen molar-refractivity contribution in [1.82, 2.24) is 4.98 Å². The summed E-state index contributed by atoms with van der Waals surface area (Å²) in [6.45, 7) is 2.70. The van der Waals surface area contributed by atoms with Crippen LogP contribution in [0.15, 0.2) is 6.20 Å². The summed E-state index contributed by atoms with van der Waals surface area (Å²) in [5.74, 6) is 0. The second-order valence-corrected chi connectivity index (χ2v) is 2.83. The van der Waals surface area contributed by atoms with Gasteiger partial charge in [-0.1, -0.05) is 0 Å². The number of rotatable bonds is 2. The van der Waals surface area contributed by atoms with Crippen molar-refractivity contribution in [2.45, 2.75) is 20.3 Å². The molecule has 0 radical (unpaired) electrons. The van der Waals surface area contributed by atoms with Crippen molar-refractivity contribution < 1.29 is 13.7 Å². The Hall–Kier alpha value is -1.59. The van der Waals surface area contributed by atoms with Crippen LogP contribution in [0.3, 0.4) is 0 Å². The van der Waals surface area contributed by atoms with Crippen LogP contribution >= 0.6 is 0 Å². The molecular formula is C8H8F2N2O2. The summed E-state index contributed by atoms with van der Waals surface area (Å²) >= 11 is 0. The summed E-state index contributed by atoms with van der Waals surface area (Å²) in [6, 6.07) is 0. The molecule has 14 heavy (non-hydrogen) atoms. The van der Waals surface area contributed by atoms with Crippen molar-refractivity contribution in [2.75, 3.05) is 0 Å². The molecule has 0 saturated carbocycles. The van der Waals surface area contributed by atoms with Crippen LogP contribution in [0.4, 0.5) is 14.5 Å². The Morgan fingerprint density at radius 2 is 2.07 bits per heavy atom. The molecule has 0 saturated heterocycles. The number of halogens is 2. The van der Waals surface area contributed by atoms with E-state index in [0.717, 1.165) is 6.20 Å². The van der Waals surface area contributed by atoms with Gasteiger partial charge in [-0.3, -0.25) is 15.1 Å². The SMILES string of the molecule is Cc1ncc([N+](=O)[O-])c(C)c1C(F)F. The largest absolute Gasteiger partial charge is 0.290 e. The molecule has 0 bridgehead atoms. The van der Waals surface area contributed by atoms with Crippen molar-refractivity contribution in [1.29, 1.82) is 0 Å². The van der Waals surface area contributed by atoms with Crippen LogP contribution in [0, 0.1) is 24.0 Å². The Balaban J connectivity index is 3.41. The van der Waals surface area contributed by atoms with E-state index in [9.17, 15) is 18.9 Å². The highest BCUT2D eigenvalue weighted by atomic mass is 19.3. The van der Waals surface area contributed by atoms with Gasteiger partial charge in [0.2, 0.25) is 0 Å². The lowest BCUT2D eigenvalue weighted by atomic mass is 10.1. The number of hydrogen-bond acceptors (Lipinski definition) is 3. The molecule has 0 aliphatic rings. The number of pyridine rings is 1. The summed E-state index contributed by atoms with van der Waals surface area (Å²) in [5, 5.41) is 10.4. The van der Waals surface area contributed by atoms with Gasteiger partial charge in [-0.05, 0) is 13.8 Å². The first-order chi connectivity index (χ1) is 6.45. The third-order valence-electron chi connectivity index (χ3n) is 1.97. The highest BCUT2D eigenvalue weighted by molar-refractivity contribution is 5.44.